The summed E-state index contributed by atoms with van der Waals surface area (Å²) in [5, 5.41) is 3.28. The van der Waals surface area contributed by atoms with Crippen molar-refractivity contribution >= 4 is 27.6 Å². The van der Waals surface area contributed by atoms with E-state index in [1.165, 1.54) is 12.1 Å². The molecule has 208 valence electrons. The number of aromatic nitrogens is 2. The third kappa shape index (κ3) is 8.21. The van der Waals surface area contributed by atoms with E-state index in [4.69, 9.17) is 0 Å². The summed E-state index contributed by atoms with van der Waals surface area (Å²) in [6, 6.07) is 12.7. The van der Waals surface area contributed by atoms with Crippen molar-refractivity contribution in [2.24, 2.45) is 0 Å². The van der Waals surface area contributed by atoms with Crippen LogP contribution in [0, 0.1) is 12.7 Å². The van der Waals surface area contributed by atoms with E-state index in [0.717, 1.165) is 23.1 Å². The van der Waals surface area contributed by atoms with E-state index >= 15 is 0 Å². The number of hydrogen-bond acceptors (Lipinski definition) is 5. The number of allylic oxidation sites excluding steroid dienone is 3. The highest BCUT2D eigenvalue weighted by molar-refractivity contribution is 7.89. The summed E-state index contributed by atoms with van der Waals surface area (Å²) in [5.41, 5.74) is 2.75. The lowest BCUT2D eigenvalue weighted by molar-refractivity contribution is 0.491. The average molecular weight is 553 g/mol. The van der Waals surface area contributed by atoms with Crippen LogP contribution < -0.4 is 15.6 Å². The van der Waals surface area contributed by atoms with Crippen molar-refractivity contribution in [1.82, 2.24) is 14.7 Å². The number of aromatic amines is 1. The van der Waals surface area contributed by atoms with Gasteiger partial charge in [-0.05, 0) is 87.6 Å². The third-order valence-corrected chi connectivity index (χ3v) is 7.74. The molecule has 0 bridgehead atoms. The molecule has 0 fully saturated rings. The van der Waals surface area contributed by atoms with Crippen LogP contribution in [0.15, 0.2) is 70.4 Å². The maximum atomic E-state index is 13.4. The summed E-state index contributed by atoms with van der Waals surface area (Å²) in [7, 11) is -3.64. The van der Waals surface area contributed by atoms with Crippen LogP contribution in [0.5, 0.6) is 0 Å². The highest BCUT2D eigenvalue weighted by Gasteiger charge is 2.22. The second-order valence-electron chi connectivity index (χ2n) is 10.4. The van der Waals surface area contributed by atoms with Crippen LogP contribution in [0.3, 0.4) is 0 Å². The SMILES string of the molecule is CCC=C(/C=C\c1nc(NC(CC)c2ccc(S(=O)(=O)NC(C)(C)C)cc2)[nH]c(=O)c1C)c1ccc(F)cc1. The summed E-state index contributed by atoms with van der Waals surface area (Å²) in [5.74, 6) is 0.00992. The summed E-state index contributed by atoms with van der Waals surface area (Å²) >= 11 is 0. The van der Waals surface area contributed by atoms with Gasteiger partial charge in [-0.3, -0.25) is 9.78 Å². The van der Waals surface area contributed by atoms with Crippen molar-refractivity contribution in [3.8, 4) is 0 Å². The monoisotopic (exact) mass is 552 g/mol. The van der Waals surface area contributed by atoms with Crippen LogP contribution in [0.2, 0.25) is 0 Å². The largest absolute Gasteiger partial charge is 0.349 e. The predicted octanol–water partition coefficient (Wildman–Crippen LogP) is 6.36. The number of rotatable bonds is 10. The number of anilines is 1. The second kappa shape index (κ2) is 12.5. The molecule has 7 nitrogen and oxygen atoms in total. The van der Waals surface area contributed by atoms with Gasteiger partial charge in [0.2, 0.25) is 16.0 Å². The van der Waals surface area contributed by atoms with Gasteiger partial charge in [0.25, 0.3) is 5.56 Å². The maximum Gasteiger partial charge on any atom is 0.255 e. The van der Waals surface area contributed by atoms with Crippen LogP contribution in [-0.2, 0) is 10.0 Å². The topological polar surface area (TPSA) is 104 Å². The van der Waals surface area contributed by atoms with Crippen molar-refractivity contribution in [3.63, 3.8) is 0 Å². The Balaban J connectivity index is 1.86. The van der Waals surface area contributed by atoms with Crippen LogP contribution in [0.1, 0.15) is 75.9 Å². The first-order valence-corrected chi connectivity index (χ1v) is 14.5. The van der Waals surface area contributed by atoms with Crippen molar-refractivity contribution in [3.05, 3.63) is 99.2 Å². The third-order valence-electron chi connectivity index (χ3n) is 5.96. The molecule has 0 spiro atoms. The summed E-state index contributed by atoms with van der Waals surface area (Å²) in [4.78, 5) is 20.3. The molecule has 3 rings (SSSR count). The Morgan fingerprint density at radius 1 is 1.08 bits per heavy atom. The molecule has 1 atom stereocenters. The van der Waals surface area contributed by atoms with Gasteiger partial charge in [-0.2, -0.15) is 0 Å². The number of sulfonamides is 1. The van der Waals surface area contributed by atoms with Crippen molar-refractivity contribution in [1.29, 1.82) is 0 Å². The molecule has 2 aromatic carbocycles. The molecule has 9 heteroatoms. The van der Waals surface area contributed by atoms with E-state index in [1.807, 2.05) is 26.0 Å². The van der Waals surface area contributed by atoms with E-state index in [9.17, 15) is 17.6 Å². The Labute approximate surface area is 230 Å². The lowest BCUT2D eigenvalue weighted by Gasteiger charge is -2.21. The number of H-pyrrole nitrogens is 1. The number of halogens is 1. The highest BCUT2D eigenvalue weighted by Crippen LogP contribution is 2.24. The van der Waals surface area contributed by atoms with Crippen LogP contribution in [-0.4, -0.2) is 23.9 Å². The highest BCUT2D eigenvalue weighted by atomic mass is 32.2. The van der Waals surface area contributed by atoms with E-state index < -0.39 is 15.6 Å². The van der Waals surface area contributed by atoms with Gasteiger partial charge in [0.1, 0.15) is 5.82 Å². The van der Waals surface area contributed by atoms with E-state index in [0.29, 0.717) is 23.6 Å². The summed E-state index contributed by atoms with van der Waals surface area (Å²) < 4.78 is 41.3. The molecule has 0 saturated heterocycles. The normalized spacial score (nSPS) is 13.6. The Morgan fingerprint density at radius 3 is 2.28 bits per heavy atom. The second-order valence-corrected chi connectivity index (χ2v) is 12.0. The standard InChI is InChI=1S/C30H37FN4O3S/c1-7-9-21(22-10-15-24(31)16-11-22)14-19-27-20(3)28(36)34-29(33-27)32-26(8-2)23-12-17-25(18-13-23)39(37,38)35-30(4,5)6/h9-19,26,35H,7-8H2,1-6H3,(H2,32,33,34,36)/b19-14-,21-9?. The first kappa shape index (κ1) is 30.0. The predicted molar refractivity (Wildman–Crippen MR) is 156 cm³/mol. The van der Waals surface area contributed by atoms with Crippen LogP contribution >= 0.6 is 0 Å². The number of nitrogens with zero attached hydrogens (tertiary/aromatic N) is 1. The molecule has 0 aliphatic rings. The maximum absolute atomic E-state index is 13.4. The first-order valence-electron chi connectivity index (χ1n) is 13.0. The van der Waals surface area contributed by atoms with Gasteiger partial charge in [0.15, 0.2) is 0 Å². The molecule has 3 N–H and O–H groups in total. The Bertz CT molecular complexity index is 1500. The quantitative estimate of drug-likeness (QED) is 0.254. The molecule has 1 heterocycles. The van der Waals surface area contributed by atoms with Gasteiger partial charge in [-0.25, -0.2) is 22.5 Å². The molecule has 0 amide bonds. The lowest BCUT2D eigenvalue weighted by atomic mass is 10.0. The van der Waals surface area contributed by atoms with Crippen LogP contribution in [0.25, 0.3) is 11.6 Å². The summed E-state index contributed by atoms with van der Waals surface area (Å²) in [6.07, 6.45) is 7.14. The molecule has 0 saturated carbocycles. The van der Waals surface area contributed by atoms with Gasteiger partial charge >= 0.3 is 0 Å². The fourth-order valence-electron chi connectivity index (χ4n) is 4.02. The number of benzene rings is 2. The Kier molecular flexibility index (Phi) is 9.63. The molecular formula is C30H37FN4O3S. The zero-order valence-electron chi connectivity index (χ0n) is 23.3. The minimum absolute atomic E-state index is 0.183. The Hall–Kier alpha value is -3.56. The number of nitrogens with one attached hydrogen (secondary N) is 3. The van der Waals surface area contributed by atoms with Crippen molar-refractivity contribution in [2.45, 2.75) is 70.9 Å². The van der Waals surface area contributed by atoms with Gasteiger partial charge in [-0.15, -0.1) is 0 Å². The zero-order chi connectivity index (χ0) is 28.8. The van der Waals surface area contributed by atoms with E-state index in [2.05, 4.69) is 20.0 Å². The molecular weight excluding hydrogens is 515 g/mol. The molecule has 0 radical (unpaired) electrons. The zero-order valence-corrected chi connectivity index (χ0v) is 24.1. The van der Waals surface area contributed by atoms with E-state index in [1.54, 1.807) is 70.2 Å². The Morgan fingerprint density at radius 2 is 1.72 bits per heavy atom. The van der Waals surface area contributed by atoms with Gasteiger partial charge in [0, 0.05) is 11.1 Å². The lowest BCUT2D eigenvalue weighted by Crippen LogP contribution is -2.40. The van der Waals surface area contributed by atoms with Gasteiger partial charge in [0.05, 0.1) is 16.6 Å². The first-order chi connectivity index (χ1) is 18.3. The molecule has 3 aromatic rings. The van der Waals surface area contributed by atoms with Crippen LogP contribution in [0.4, 0.5) is 10.3 Å². The average Bonchev–Trinajstić information content (AvgIpc) is 2.87. The number of hydrogen-bond donors (Lipinski definition) is 3. The van der Waals surface area contributed by atoms with Crippen molar-refractivity contribution in [2.75, 3.05) is 5.32 Å². The molecule has 0 aliphatic heterocycles. The fraction of sp³-hybridized carbons (Fsp3) is 0.333. The minimum atomic E-state index is -3.64. The molecule has 0 aliphatic carbocycles. The minimum Gasteiger partial charge on any atom is -0.349 e. The molecule has 39 heavy (non-hydrogen) atoms. The van der Waals surface area contributed by atoms with Crippen molar-refractivity contribution < 1.29 is 12.8 Å². The van der Waals surface area contributed by atoms with Gasteiger partial charge in [-0.1, -0.05) is 50.3 Å². The summed E-state index contributed by atoms with van der Waals surface area (Å²) in [6.45, 7) is 11.1. The van der Waals surface area contributed by atoms with Gasteiger partial charge < -0.3 is 5.32 Å². The molecule has 1 aromatic heterocycles. The molecule has 1 unspecified atom stereocenters. The van der Waals surface area contributed by atoms with E-state index in [-0.39, 0.29) is 22.3 Å². The fourth-order valence-corrected chi connectivity index (χ4v) is 5.44. The smallest absolute Gasteiger partial charge is 0.255 e.